The fourth-order valence-corrected chi connectivity index (χ4v) is 2.42. The zero-order chi connectivity index (χ0) is 14.7. The maximum Gasteiger partial charge on any atom is 0.288 e. The number of hydrogen-bond acceptors (Lipinski definition) is 5. The van der Waals surface area contributed by atoms with Crippen LogP contribution in [0.4, 0.5) is 5.69 Å². The molecule has 1 amide bonds. The Labute approximate surface area is 119 Å². The minimum Gasteiger partial charge on any atom is -0.430 e. The summed E-state index contributed by atoms with van der Waals surface area (Å²) in [6.45, 7) is 4.53. The summed E-state index contributed by atoms with van der Waals surface area (Å²) in [5.74, 6) is -0.0897. The molecule has 1 atom stereocenters. The van der Waals surface area contributed by atoms with E-state index in [4.69, 9.17) is 10.2 Å². The van der Waals surface area contributed by atoms with Crippen LogP contribution in [0.5, 0.6) is 0 Å². The Kier molecular flexibility index (Phi) is 4.39. The van der Waals surface area contributed by atoms with Gasteiger partial charge in [-0.15, -0.1) is 0 Å². The molecule has 0 spiro atoms. The van der Waals surface area contributed by atoms with E-state index in [9.17, 15) is 9.00 Å². The topological polar surface area (TPSA) is 98.2 Å². The molecule has 20 heavy (non-hydrogen) atoms. The number of anilines is 1. The zero-order valence-electron chi connectivity index (χ0n) is 11.4. The molecule has 0 aliphatic heterocycles. The van der Waals surface area contributed by atoms with Crippen LogP contribution < -0.4 is 11.1 Å². The van der Waals surface area contributed by atoms with Crippen LogP contribution in [0.25, 0.3) is 11.1 Å². The number of fused-ring (bicyclic) bond motifs is 1. The number of nitrogen functional groups attached to an aromatic ring is 1. The number of carbonyl (C=O) groups is 1. The molecule has 7 heteroatoms. The SMILES string of the molecule is CC(C)CNC(=O)CS(=O)c1nc2cc(N)ccc2o1. The van der Waals surface area contributed by atoms with Crippen LogP contribution in [0.3, 0.4) is 0 Å². The number of nitrogens with zero attached hydrogens (tertiary/aromatic N) is 1. The molecule has 0 aliphatic carbocycles. The Morgan fingerprint density at radius 3 is 2.95 bits per heavy atom. The monoisotopic (exact) mass is 295 g/mol. The van der Waals surface area contributed by atoms with Crippen LogP contribution in [-0.4, -0.2) is 27.4 Å². The maximum absolute atomic E-state index is 12.0. The minimum absolute atomic E-state index is 0.0466. The number of aromatic nitrogens is 1. The summed E-state index contributed by atoms with van der Waals surface area (Å²) >= 11 is 0. The van der Waals surface area contributed by atoms with Gasteiger partial charge in [0.25, 0.3) is 5.22 Å². The molecule has 0 saturated carbocycles. The van der Waals surface area contributed by atoms with Crippen LogP contribution in [0.1, 0.15) is 13.8 Å². The van der Waals surface area contributed by atoms with Crippen LogP contribution in [0, 0.1) is 5.92 Å². The number of benzene rings is 1. The van der Waals surface area contributed by atoms with Crippen molar-refractivity contribution < 1.29 is 13.4 Å². The van der Waals surface area contributed by atoms with Gasteiger partial charge in [0.2, 0.25) is 5.91 Å². The first kappa shape index (κ1) is 14.5. The fourth-order valence-electron chi connectivity index (χ4n) is 1.57. The van der Waals surface area contributed by atoms with E-state index in [1.807, 2.05) is 13.8 Å². The summed E-state index contributed by atoms with van der Waals surface area (Å²) in [6.07, 6.45) is 0. The van der Waals surface area contributed by atoms with Crippen LogP contribution in [0.15, 0.2) is 27.8 Å². The van der Waals surface area contributed by atoms with Gasteiger partial charge in [-0.3, -0.25) is 4.79 Å². The molecule has 0 bridgehead atoms. The first-order valence-electron chi connectivity index (χ1n) is 6.27. The van der Waals surface area contributed by atoms with Gasteiger partial charge in [0.05, 0.1) is 0 Å². The van der Waals surface area contributed by atoms with Gasteiger partial charge in [0.15, 0.2) is 5.58 Å². The highest BCUT2D eigenvalue weighted by Gasteiger charge is 2.16. The molecular formula is C13H17N3O3S. The predicted octanol–water partition coefficient (Wildman–Crippen LogP) is 1.29. The molecule has 1 aromatic carbocycles. The van der Waals surface area contributed by atoms with Gasteiger partial charge in [0.1, 0.15) is 22.1 Å². The first-order chi connectivity index (χ1) is 9.45. The molecule has 0 saturated heterocycles. The third-order valence-electron chi connectivity index (χ3n) is 2.56. The van der Waals surface area contributed by atoms with Gasteiger partial charge in [0, 0.05) is 12.2 Å². The van der Waals surface area contributed by atoms with E-state index in [1.165, 1.54) is 0 Å². The first-order valence-corrected chi connectivity index (χ1v) is 7.58. The Balaban J connectivity index is 2.05. The second-order valence-corrected chi connectivity index (χ2v) is 6.22. The van der Waals surface area contributed by atoms with Gasteiger partial charge in [-0.05, 0) is 24.1 Å². The number of nitrogens with one attached hydrogen (secondary N) is 1. The van der Waals surface area contributed by atoms with E-state index in [2.05, 4.69) is 10.3 Å². The summed E-state index contributed by atoms with van der Waals surface area (Å²) in [7, 11) is -1.60. The Bertz CT molecular complexity index is 651. The molecule has 1 unspecified atom stereocenters. The second-order valence-electron chi connectivity index (χ2n) is 4.89. The van der Waals surface area contributed by atoms with Gasteiger partial charge in [-0.2, -0.15) is 0 Å². The minimum atomic E-state index is -1.60. The number of carbonyl (C=O) groups excluding carboxylic acids is 1. The van der Waals surface area contributed by atoms with Gasteiger partial charge >= 0.3 is 0 Å². The Morgan fingerprint density at radius 2 is 2.25 bits per heavy atom. The molecule has 6 nitrogen and oxygen atoms in total. The van der Waals surface area contributed by atoms with Crippen molar-refractivity contribution in [2.45, 2.75) is 19.1 Å². The molecule has 0 radical (unpaired) electrons. The van der Waals surface area contributed by atoms with Crippen LogP contribution >= 0.6 is 0 Å². The van der Waals surface area contributed by atoms with E-state index in [1.54, 1.807) is 18.2 Å². The van der Waals surface area contributed by atoms with E-state index < -0.39 is 10.8 Å². The lowest BCUT2D eigenvalue weighted by Gasteiger charge is -2.06. The van der Waals surface area contributed by atoms with Crippen molar-refractivity contribution in [3.63, 3.8) is 0 Å². The molecule has 1 heterocycles. The largest absolute Gasteiger partial charge is 0.430 e. The summed E-state index contributed by atoms with van der Waals surface area (Å²) in [5, 5.41) is 2.75. The molecule has 108 valence electrons. The molecule has 2 aromatic rings. The van der Waals surface area contributed by atoms with E-state index >= 15 is 0 Å². The second kappa shape index (κ2) is 6.04. The number of amides is 1. The van der Waals surface area contributed by atoms with Crippen molar-refractivity contribution in [2.75, 3.05) is 18.0 Å². The highest BCUT2D eigenvalue weighted by molar-refractivity contribution is 7.85. The van der Waals surface area contributed by atoms with Crippen molar-refractivity contribution in [3.8, 4) is 0 Å². The number of nitrogens with two attached hydrogens (primary N) is 1. The number of rotatable bonds is 5. The van der Waals surface area contributed by atoms with Crippen molar-refractivity contribution in [2.24, 2.45) is 5.92 Å². The normalized spacial score (nSPS) is 12.8. The molecule has 0 aliphatic rings. The predicted molar refractivity (Wildman–Crippen MR) is 77.5 cm³/mol. The average molecular weight is 295 g/mol. The van der Waals surface area contributed by atoms with Crippen LogP contribution in [-0.2, 0) is 15.6 Å². The quantitative estimate of drug-likeness (QED) is 0.810. The third kappa shape index (κ3) is 3.57. The number of oxazole rings is 1. The maximum atomic E-state index is 12.0. The molecule has 1 aromatic heterocycles. The summed E-state index contributed by atoms with van der Waals surface area (Å²) in [6, 6.07) is 4.98. The van der Waals surface area contributed by atoms with Crippen molar-refractivity contribution in [1.82, 2.24) is 10.3 Å². The third-order valence-corrected chi connectivity index (χ3v) is 3.64. The highest BCUT2D eigenvalue weighted by Crippen LogP contribution is 2.20. The molecular weight excluding hydrogens is 278 g/mol. The Morgan fingerprint density at radius 1 is 1.50 bits per heavy atom. The van der Waals surface area contributed by atoms with E-state index in [0.29, 0.717) is 29.2 Å². The standard InChI is InChI=1S/C13H17N3O3S/c1-8(2)6-15-12(17)7-20(18)13-16-10-5-9(14)3-4-11(10)19-13/h3-5,8H,6-7,14H2,1-2H3,(H,15,17). The van der Waals surface area contributed by atoms with Crippen molar-refractivity contribution >= 4 is 33.5 Å². The van der Waals surface area contributed by atoms with Gasteiger partial charge < -0.3 is 15.5 Å². The average Bonchev–Trinajstić information content (AvgIpc) is 2.79. The fraction of sp³-hybridized carbons (Fsp3) is 0.385. The van der Waals surface area contributed by atoms with Crippen molar-refractivity contribution in [1.29, 1.82) is 0 Å². The lowest BCUT2D eigenvalue weighted by atomic mass is 10.2. The highest BCUT2D eigenvalue weighted by atomic mass is 32.2. The van der Waals surface area contributed by atoms with E-state index in [0.717, 1.165) is 0 Å². The van der Waals surface area contributed by atoms with Gasteiger partial charge in [-0.25, -0.2) is 9.19 Å². The molecule has 3 N–H and O–H groups in total. The Hall–Kier alpha value is -1.89. The summed E-state index contributed by atoms with van der Waals surface area (Å²) < 4.78 is 17.4. The van der Waals surface area contributed by atoms with E-state index in [-0.39, 0.29) is 16.9 Å². The van der Waals surface area contributed by atoms with Crippen molar-refractivity contribution in [3.05, 3.63) is 18.2 Å². The summed E-state index contributed by atoms with van der Waals surface area (Å²) in [4.78, 5) is 15.7. The molecule has 0 fully saturated rings. The zero-order valence-corrected chi connectivity index (χ0v) is 12.2. The lowest BCUT2D eigenvalue weighted by molar-refractivity contribution is -0.118. The van der Waals surface area contributed by atoms with Gasteiger partial charge in [-0.1, -0.05) is 13.8 Å². The number of hydrogen-bond donors (Lipinski definition) is 2. The smallest absolute Gasteiger partial charge is 0.288 e. The molecule has 2 rings (SSSR count). The summed E-state index contributed by atoms with van der Waals surface area (Å²) in [5.41, 5.74) is 7.23. The van der Waals surface area contributed by atoms with Crippen LogP contribution in [0.2, 0.25) is 0 Å². The lowest BCUT2D eigenvalue weighted by Crippen LogP contribution is -2.31.